The van der Waals surface area contributed by atoms with E-state index in [9.17, 15) is 9.59 Å². The number of ether oxygens (including phenoxy) is 1. The number of carbonyl (C=O) groups excluding carboxylic acids is 2. The molecule has 0 radical (unpaired) electrons. The van der Waals surface area contributed by atoms with Crippen LogP contribution >= 0.6 is 0 Å². The van der Waals surface area contributed by atoms with Gasteiger partial charge in [0.1, 0.15) is 11.4 Å². The molecule has 0 spiro atoms. The van der Waals surface area contributed by atoms with E-state index < -0.39 is 0 Å². The number of allylic oxidation sites excluding steroid dienone is 2. The Kier molecular flexibility index (Phi) is 3.78. The van der Waals surface area contributed by atoms with E-state index in [0.717, 1.165) is 37.3 Å². The molecule has 1 saturated heterocycles. The van der Waals surface area contributed by atoms with Crippen molar-refractivity contribution < 1.29 is 14.3 Å². The van der Waals surface area contributed by atoms with Crippen LogP contribution in [0.15, 0.2) is 59.6 Å². The highest BCUT2D eigenvalue weighted by Crippen LogP contribution is 2.47. The number of ketones is 2. The minimum atomic E-state index is -0.267. The Morgan fingerprint density at radius 2 is 1.67 bits per heavy atom. The lowest BCUT2D eigenvalue weighted by atomic mass is 9.81. The van der Waals surface area contributed by atoms with Crippen LogP contribution in [0.3, 0.4) is 0 Å². The number of benzene rings is 2. The molecule has 1 fully saturated rings. The molecule has 2 aliphatic carbocycles. The Bertz CT molecular complexity index is 1200. The molecule has 0 saturated carbocycles. The lowest BCUT2D eigenvalue weighted by Gasteiger charge is -2.34. The first-order valence-corrected chi connectivity index (χ1v) is 10.5. The van der Waals surface area contributed by atoms with E-state index in [-0.39, 0.29) is 17.7 Å². The minimum absolute atomic E-state index is 0.107. The van der Waals surface area contributed by atoms with Gasteiger partial charge in [-0.1, -0.05) is 36.4 Å². The molecule has 2 aromatic carbocycles. The van der Waals surface area contributed by atoms with Crippen molar-refractivity contribution in [2.75, 3.05) is 18.0 Å². The molecule has 5 nitrogen and oxygen atoms in total. The van der Waals surface area contributed by atoms with Gasteiger partial charge in [-0.15, -0.1) is 0 Å². The monoisotopic (exact) mass is 396 g/mol. The number of rotatable bonds is 1. The van der Waals surface area contributed by atoms with E-state index in [0.29, 0.717) is 33.7 Å². The van der Waals surface area contributed by atoms with Crippen LogP contribution in [0.2, 0.25) is 0 Å². The van der Waals surface area contributed by atoms with Gasteiger partial charge in [-0.05, 0) is 31.4 Å². The van der Waals surface area contributed by atoms with Crippen LogP contribution in [-0.4, -0.2) is 36.5 Å². The summed E-state index contributed by atoms with van der Waals surface area (Å²) in [6.45, 7) is 1.74. The summed E-state index contributed by atoms with van der Waals surface area (Å²) >= 11 is 0. The number of hydrogen-bond donors (Lipinski definition) is 0. The molecule has 0 amide bonds. The van der Waals surface area contributed by atoms with E-state index in [1.165, 1.54) is 6.42 Å². The van der Waals surface area contributed by atoms with Gasteiger partial charge < -0.3 is 9.64 Å². The Morgan fingerprint density at radius 1 is 0.933 bits per heavy atom. The lowest BCUT2D eigenvalue weighted by Crippen LogP contribution is -2.34. The van der Waals surface area contributed by atoms with Crippen LogP contribution in [0, 0.1) is 0 Å². The summed E-state index contributed by atoms with van der Waals surface area (Å²) in [5.41, 5.74) is 3.78. The first-order valence-electron chi connectivity index (χ1n) is 10.5. The van der Waals surface area contributed by atoms with Crippen LogP contribution < -0.4 is 9.64 Å². The van der Waals surface area contributed by atoms with Crippen molar-refractivity contribution in [2.24, 2.45) is 4.99 Å². The van der Waals surface area contributed by atoms with Gasteiger partial charge in [-0.25, -0.2) is 4.99 Å². The van der Waals surface area contributed by atoms with Gasteiger partial charge in [0.25, 0.3) is 0 Å². The summed E-state index contributed by atoms with van der Waals surface area (Å²) < 4.78 is 6.25. The molecule has 148 valence electrons. The van der Waals surface area contributed by atoms with Crippen molar-refractivity contribution in [1.82, 2.24) is 0 Å². The third-order valence-corrected chi connectivity index (χ3v) is 6.26. The highest BCUT2D eigenvalue weighted by Gasteiger charge is 2.38. The quantitative estimate of drug-likeness (QED) is 0.611. The molecule has 4 aliphatic rings. The summed E-state index contributed by atoms with van der Waals surface area (Å²) in [7, 11) is 0. The number of aliphatic imine (C=N–C) groups is 1. The first kappa shape index (κ1) is 17.4. The average Bonchev–Trinajstić information content (AvgIpc) is 2.80. The third kappa shape index (κ3) is 2.45. The van der Waals surface area contributed by atoms with Gasteiger partial charge in [0.05, 0.1) is 22.5 Å². The normalized spacial score (nSPS) is 21.3. The number of nitrogens with zero attached hydrogens (tertiary/aromatic N) is 2. The number of hydrogen-bond acceptors (Lipinski definition) is 5. The van der Waals surface area contributed by atoms with Gasteiger partial charge in [0.15, 0.2) is 17.7 Å². The molecule has 5 heteroatoms. The smallest absolute Gasteiger partial charge is 0.196 e. The molecule has 1 atom stereocenters. The molecule has 0 N–H and O–H groups in total. The summed E-state index contributed by atoms with van der Waals surface area (Å²) in [6.07, 6.45) is 10.7. The lowest BCUT2D eigenvalue weighted by molar-refractivity contribution is 0.0979. The molecular weight excluding hydrogens is 376 g/mol. The second kappa shape index (κ2) is 6.52. The molecule has 1 unspecified atom stereocenters. The predicted octanol–water partition coefficient (Wildman–Crippen LogP) is 4.41. The van der Waals surface area contributed by atoms with Crippen LogP contribution in [-0.2, 0) is 0 Å². The van der Waals surface area contributed by atoms with Gasteiger partial charge in [-0.3, -0.25) is 9.59 Å². The summed E-state index contributed by atoms with van der Waals surface area (Å²) in [4.78, 5) is 34.2. The predicted molar refractivity (Wildman–Crippen MR) is 116 cm³/mol. The van der Waals surface area contributed by atoms with Crippen molar-refractivity contribution in [3.8, 4) is 5.75 Å². The van der Waals surface area contributed by atoms with Gasteiger partial charge in [0, 0.05) is 30.3 Å². The molecule has 2 aromatic rings. The molecule has 0 bridgehead atoms. The maximum absolute atomic E-state index is 13.6. The van der Waals surface area contributed by atoms with E-state index in [1.54, 1.807) is 24.3 Å². The topological polar surface area (TPSA) is 59.0 Å². The highest BCUT2D eigenvalue weighted by molar-refractivity contribution is 6.32. The Labute approximate surface area is 174 Å². The van der Waals surface area contributed by atoms with Crippen molar-refractivity contribution >= 4 is 28.7 Å². The minimum Gasteiger partial charge on any atom is -0.478 e. The fraction of sp³-hybridized carbons (Fsp3) is 0.240. The van der Waals surface area contributed by atoms with E-state index in [2.05, 4.69) is 4.90 Å². The third-order valence-electron chi connectivity index (χ3n) is 6.26. The second-order valence-electron chi connectivity index (χ2n) is 8.06. The summed E-state index contributed by atoms with van der Waals surface area (Å²) in [5.74, 6) is 0.311. The van der Waals surface area contributed by atoms with Crippen molar-refractivity contribution in [1.29, 1.82) is 0 Å². The molecule has 2 heterocycles. The Balaban J connectivity index is 1.63. The number of carbonyl (C=O) groups is 2. The van der Waals surface area contributed by atoms with Crippen LogP contribution in [0.4, 0.5) is 11.4 Å². The summed E-state index contributed by atoms with van der Waals surface area (Å²) in [5, 5.41) is 0. The molecular formula is C25H20N2O3. The largest absolute Gasteiger partial charge is 0.478 e. The molecule has 30 heavy (non-hydrogen) atoms. The van der Waals surface area contributed by atoms with Crippen molar-refractivity contribution in [3.05, 3.63) is 76.9 Å². The van der Waals surface area contributed by atoms with Crippen LogP contribution in [0.1, 0.15) is 51.1 Å². The van der Waals surface area contributed by atoms with Gasteiger partial charge in [0.2, 0.25) is 0 Å². The van der Waals surface area contributed by atoms with E-state index in [1.807, 2.05) is 30.4 Å². The summed E-state index contributed by atoms with van der Waals surface area (Å²) in [6, 6.07) is 8.99. The second-order valence-corrected chi connectivity index (χ2v) is 8.06. The standard InChI is InChI=1S/C25H20N2O3/c28-24-15-8-2-3-9-16(15)25(29)22-21(24)18(27-12-6-1-7-13-27)14-20-23(22)26-17-10-4-5-11-19(17)30-20/h2-5,8-11,14,19H,1,6-7,12-13H2. The molecule has 6 rings (SSSR count). The first-order chi connectivity index (χ1) is 14.7. The highest BCUT2D eigenvalue weighted by atomic mass is 16.5. The zero-order valence-electron chi connectivity index (χ0n) is 16.4. The van der Waals surface area contributed by atoms with E-state index >= 15 is 0 Å². The van der Waals surface area contributed by atoms with Gasteiger partial charge in [-0.2, -0.15) is 0 Å². The van der Waals surface area contributed by atoms with Crippen LogP contribution in [0.25, 0.3) is 0 Å². The van der Waals surface area contributed by atoms with Crippen LogP contribution in [0.5, 0.6) is 5.75 Å². The van der Waals surface area contributed by atoms with Gasteiger partial charge >= 0.3 is 0 Å². The van der Waals surface area contributed by atoms with Crippen molar-refractivity contribution in [2.45, 2.75) is 25.4 Å². The van der Waals surface area contributed by atoms with Crippen molar-refractivity contribution in [3.63, 3.8) is 0 Å². The number of piperidine rings is 1. The maximum atomic E-state index is 13.6. The SMILES string of the molecule is O=C1c2ccccc2C(=O)c2c3c(cc(N4CCCCC4)c21)OC1C=CC=CC1=N3. The Hall–Kier alpha value is -3.47. The zero-order valence-corrected chi connectivity index (χ0v) is 16.4. The fourth-order valence-electron chi connectivity index (χ4n) is 4.80. The average molecular weight is 396 g/mol. The number of anilines is 1. The van der Waals surface area contributed by atoms with E-state index in [4.69, 9.17) is 9.73 Å². The molecule has 2 aliphatic heterocycles. The molecule has 0 aromatic heterocycles. The number of fused-ring (bicyclic) bond motifs is 5. The maximum Gasteiger partial charge on any atom is 0.196 e. The Morgan fingerprint density at radius 3 is 2.43 bits per heavy atom. The zero-order chi connectivity index (χ0) is 20.2. The fourth-order valence-corrected chi connectivity index (χ4v) is 4.80.